The van der Waals surface area contributed by atoms with Gasteiger partial charge in [0.1, 0.15) is 5.82 Å². The lowest BCUT2D eigenvalue weighted by atomic mass is 10.1. The molecule has 0 aliphatic carbocycles. The second-order valence-corrected chi connectivity index (χ2v) is 6.87. The minimum atomic E-state index is -0.599. The minimum Gasteiger partial charge on any atom is -0.493 e. The highest BCUT2D eigenvalue weighted by Crippen LogP contribution is 2.37. The lowest BCUT2D eigenvalue weighted by Gasteiger charge is -2.16. The van der Waals surface area contributed by atoms with Gasteiger partial charge in [-0.25, -0.2) is 4.39 Å². The molecule has 2 N–H and O–H groups in total. The van der Waals surface area contributed by atoms with Crippen LogP contribution in [0.2, 0.25) is 5.02 Å². The van der Waals surface area contributed by atoms with E-state index in [2.05, 4.69) is 15.7 Å². The van der Waals surface area contributed by atoms with E-state index in [9.17, 15) is 14.0 Å². The second kappa shape index (κ2) is 9.48. The molecule has 8 nitrogen and oxygen atoms in total. The van der Waals surface area contributed by atoms with Crippen LogP contribution in [0.4, 0.5) is 10.1 Å². The first kappa shape index (κ1) is 22.1. The van der Waals surface area contributed by atoms with Crippen LogP contribution in [0.3, 0.4) is 0 Å². The predicted molar refractivity (Wildman–Crippen MR) is 113 cm³/mol. The zero-order valence-electron chi connectivity index (χ0n) is 17.0. The topological polar surface area (TPSA) is 94.5 Å². The number of benzene rings is 2. The summed E-state index contributed by atoms with van der Waals surface area (Å²) in [4.78, 5) is 25.4. The maximum Gasteiger partial charge on any atom is 0.257 e. The third kappa shape index (κ3) is 4.95. The van der Waals surface area contributed by atoms with Crippen LogP contribution in [0.5, 0.6) is 11.5 Å². The highest BCUT2D eigenvalue weighted by atomic mass is 35.5. The summed E-state index contributed by atoms with van der Waals surface area (Å²) in [6.07, 6.45) is 1.63. The van der Waals surface area contributed by atoms with Crippen LogP contribution in [-0.4, -0.2) is 35.8 Å². The molecule has 0 radical (unpaired) electrons. The van der Waals surface area contributed by atoms with E-state index < -0.39 is 17.6 Å². The summed E-state index contributed by atoms with van der Waals surface area (Å²) in [6.45, 7) is 0.260. The van der Waals surface area contributed by atoms with Gasteiger partial charge in [0, 0.05) is 18.8 Å². The average molecular weight is 447 g/mol. The van der Waals surface area contributed by atoms with Crippen molar-refractivity contribution in [2.45, 2.75) is 6.54 Å². The fourth-order valence-electron chi connectivity index (χ4n) is 2.90. The zero-order valence-corrected chi connectivity index (χ0v) is 17.8. The highest BCUT2D eigenvalue weighted by molar-refractivity contribution is 6.34. The number of rotatable bonds is 7. The van der Waals surface area contributed by atoms with E-state index in [0.717, 1.165) is 17.8 Å². The monoisotopic (exact) mass is 446 g/mol. The summed E-state index contributed by atoms with van der Waals surface area (Å²) >= 11 is 5.98. The van der Waals surface area contributed by atoms with Crippen LogP contribution in [0, 0.1) is 5.82 Å². The van der Waals surface area contributed by atoms with Crippen molar-refractivity contribution < 1.29 is 23.5 Å². The number of aryl methyl sites for hydroxylation is 1. The van der Waals surface area contributed by atoms with E-state index in [-0.39, 0.29) is 39.9 Å². The molecule has 0 unspecified atom stereocenters. The number of amides is 2. The molecule has 162 valence electrons. The molecule has 1 aromatic heterocycles. The number of anilines is 1. The number of hydrogen-bond acceptors (Lipinski definition) is 5. The molecule has 0 aliphatic rings. The lowest BCUT2D eigenvalue weighted by Crippen LogP contribution is -2.24. The molecule has 0 bridgehead atoms. The number of nitrogens with zero attached hydrogens (tertiary/aromatic N) is 2. The van der Waals surface area contributed by atoms with Crippen LogP contribution in [0.15, 0.2) is 42.6 Å². The van der Waals surface area contributed by atoms with Crippen LogP contribution in [0.25, 0.3) is 0 Å². The van der Waals surface area contributed by atoms with Crippen LogP contribution < -0.4 is 20.1 Å². The van der Waals surface area contributed by atoms with E-state index >= 15 is 0 Å². The molecule has 1 heterocycles. The third-order valence-electron chi connectivity index (χ3n) is 4.52. The molecule has 10 heteroatoms. The van der Waals surface area contributed by atoms with Crippen molar-refractivity contribution in [3.63, 3.8) is 0 Å². The van der Waals surface area contributed by atoms with Crippen LogP contribution in [0.1, 0.15) is 26.4 Å². The first-order chi connectivity index (χ1) is 14.8. The zero-order chi connectivity index (χ0) is 22.5. The molecular formula is C21H20ClFN4O4. The number of carbonyl (C=O) groups is 2. The van der Waals surface area contributed by atoms with Gasteiger partial charge >= 0.3 is 0 Å². The van der Waals surface area contributed by atoms with Crippen molar-refractivity contribution in [2.75, 3.05) is 19.5 Å². The fraction of sp³-hybridized carbons (Fsp3) is 0.190. The van der Waals surface area contributed by atoms with Crippen molar-refractivity contribution in [3.05, 3.63) is 70.3 Å². The molecule has 0 saturated heterocycles. The Morgan fingerprint density at radius 3 is 2.52 bits per heavy atom. The standard InChI is InChI=1S/C21H20ClFN4O4/c1-27-14(6-7-25-27)11-24-20(28)12-8-17(19(31-3)18(9-12)30-2)26-21(29)15-5-4-13(23)10-16(15)22/h4-10H,11H2,1-3H3,(H,24,28)(H,26,29). The van der Waals surface area contributed by atoms with Gasteiger partial charge in [0.25, 0.3) is 11.8 Å². The molecule has 3 aromatic rings. The molecule has 2 amide bonds. The van der Waals surface area contributed by atoms with E-state index in [1.807, 2.05) is 0 Å². The van der Waals surface area contributed by atoms with Crippen LogP contribution >= 0.6 is 11.6 Å². The van der Waals surface area contributed by atoms with Crippen LogP contribution in [-0.2, 0) is 13.6 Å². The number of methoxy groups -OCH3 is 2. The maximum absolute atomic E-state index is 13.3. The Balaban J connectivity index is 1.88. The van der Waals surface area contributed by atoms with Gasteiger partial charge in [-0.2, -0.15) is 5.10 Å². The lowest BCUT2D eigenvalue weighted by molar-refractivity contribution is 0.0948. The summed E-state index contributed by atoms with van der Waals surface area (Å²) in [5.74, 6) is -1.09. The smallest absolute Gasteiger partial charge is 0.257 e. The van der Waals surface area contributed by atoms with E-state index in [1.165, 1.54) is 32.4 Å². The molecule has 3 rings (SSSR count). The first-order valence-corrected chi connectivity index (χ1v) is 9.49. The van der Waals surface area contributed by atoms with Crippen molar-refractivity contribution in [1.82, 2.24) is 15.1 Å². The van der Waals surface area contributed by atoms with Crippen molar-refractivity contribution >= 4 is 29.1 Å². The largest absolute Gasteiger partial charge is 0.493 e. The second-order valence-electron chi connectivity index (χ2n) is 6.47. The average Bonchev–Trinajstić information content (AvgIpc) is 3.15. The maximum atomic E-state index is 13.3. The molecule has 31 heavy (non-hydrogen) atoms. The molecule has 0 aliphatic heterocycles. The summed E-state index contributed by atoms with van der Waals surface area (Å²) in [6, 6.07) is 8.17. The Bertz CT molecular complexity index is 1130. The molecule has 0 fully saturated rings. The third-order valence-corrected chi connectivity index (χ3v) is 4.83. The van der Waals surface area contributed by atoms with Gasteiger partial charge in [0.05, 0.1) is 42.7 Å². The van der Waals surface area contributed by atoms with Gasteiger partial charge in [0.2, 0.25) is 0 Å². The highest BCUT2D eigenvalue weighted by Gasteiger charge is 2.20. The molecular weight excluding hydrogens is 427 g/mol. The molecule has 2 aromatic carbocycles. The summed E-state index contributed by atoms with van der Waals surface area (Å²) in [5.41, 5.74) is 1.31. The minimum absolute atomic E-state index is 0.0477. The Labute approximate surface area is 182 Å². The van der Waals surface area contributed by atoms with Gasteiger partial charge in [-0.15, -0.1) is 0 Å². The number of aromatic nitrogens is 2. The van der Waals surface area contributed by atoms with Gasteiger partial charge in [-0.1, -0.05) is 11.6 Å². The van der Waals surface area contributed by atoms with E-state index in [0.29, 0.717) is 0 Å². The van der Waals surface area contributed by atoms with Gasteiger partial charge in [-0.05, 0) is 36.4 Å². The van der Waals surface area contributed by atoms with E-state index in [4.69, 9.17) is 21.1 Å². The normalized spacial score (nSPS) is 10.5. The number of halogens is 2. The van der Waals surface area contributed by atoms with Gasteiger partial charge in [0.15, 0.2) is 11.5 Å². The molecule has 0 atom stereocenters. The SMILES string of the molecule is COc1cc(C(=O)NCc2ccnn2C)cc(NC(=O)c2ccc(F)cc2Cl)c1OC. The van der Waals surface area contributed by atoms with Crippen molar-refractivity contribution in [1.29, 1.82) is 0 Å². The number of carbonyl (C=O) groups excluding carboxylic acids is 2. The Morgan fingerprint density at radius 2 is 1.90 bits per heavy atom. The molecule has 0 saturated carbocycles. The first-order valence-electron chi connectivity index (χ1n) is 9.11. The number of nitrogens with one attached hydrogen (secondary N) is 2. The summed E-state index contributed by atoms with van der Waals surface area (Å²) < 4.78 is 25.6. The number of ether oxygens (including phenoxy) is 2. The Morgan fingerprint density at radius 1 is 1.13 bits per heavy atom. The summed E-state index contributed by atoms with van der Waals surface area (Å²) in [5, 5.41) is 9.43. The van der Waals surface area contributed by atoms with Crippen molar-refractivity contribution in [2.24, 2.45) is 7.05 Å². The van der Waals surface area contributed by atoms with Gasteiger partial charge < -0.3 is 20.1 Å². The van der Waals surface area contributed by atoms with E-state index in [1.54, 1.807) is 24.0 Å². The van der Waals surface area contributed by atoms with Crippen molar-refractivity contribution in [3.8, 4) is 11.5 Å². The Hall–Kier alpha value is -3.59. The number of hydrogen-bond donors (Lipinski definition) is 2. The van der Waals surface area contributed by atoms with Gasteiger partial charge in [-0.3, -0.25) is 14.3 Å². The fourth-order valence-corrected chi connectivity index (χ4v) is 3.15. The Kier molecular flexibility index (Phi) is 6.76. The molecule has 0 spiro atoms. The quantitative estimate of drug-likeness (QED) is 0.580. The predicted octanol–water partition coefficient (Wildman–Crippen LogP) is 3.41. The summed E-state index contributed by atoms with van der Waals surface area (Å²) in [7, 11) is 4.59.